The first-order chi connectivity index (χ1) is 11.3. The number of carbonyl (C=O) groups excluding carboxylic acids is 1. The number of aromatic nitrogens is 2. The number of nitrogens with zero attached hydrogens (tertiary/aromatic N) is 3. The third kappa shape index (κ3) is 2.23. The summed E-state index contributed by atoms with van der Waals surface area (Å²) in [5.41, 5.74) is 6.46. The molecule has 8 heteroatoms. The number of hydrogen-bond acceptors (Lipinski definition) is 4. The summed E-state index contributed by atoms with van der Waals surface area (Å²) in [4.78, 5) is 37.8. The Hall–Kier alpha value is -2.87. The minimum absolute atomic E-state index is 0.0206. The molecule has 24 heavy (non-hydrogen) atoms. The summed E-state index contributed by atoms with van der Waals surface area (Å²) in [7, 11) is 1.68. The molecule has 126 valence electrons. The van der Waals surface area contributed by atoms with Gasteiger partial charge in [0.05, 0.1) is 17.4 Å². The zero-order valence-corrected chi connectivity index (χ0v) is 13.3. The average Bonchev–Trinajstić information content (AvgIpc) is 2.96. The summed E-state index contributed by atoms with van der Waals surface area (Å²) in [5.74, 6) is -1.72. The van der Waals surface area contributed by atoms with Gasteiger partial charge in [-0.2, -0.15) is 0 Å². The Morgan fingerprint density at radius 2 is 1.88 bits per heavy atom. The van der Waals surface area contributed by atoms with Crippen molar-refractivity contribution < 1.29 is 14.7 Å². The highest BCUT2D eigenvalue weighted by Crippen LogP contribution is 2.27. The van der Waals surface area contributed by atoms with Crippen LogP contribution in [0, 0.1) is 6.92 Å². The number of nitrogens with two attached hydrogens (primary N) is 1. The fourth-order valence-corrected chi connectivity index (χ4v) is 3.09. The van der Waals surface area contributed by atoms with Gasteiger partial charge in [0.25, 0.3) is 5.56 Å². The van der Waals surface area contributed by atoms with Crippen LogP contribution in [0.5, 0.6) is 0 Å². The standard InChI is InChI=1S/C16H18N4O4/c1-9-13(19-12(16(23)24)8-11(17)14(19)21)15(22)20(18(9)2)10-6-4-3-5-7-10/h3-7,11-12H,8,17H2,1-2H3,(H,23,24)/t11-,12-/m0/s1. The Balaban J connectivity index is 2.21. The van der Waals surface area contributed by atoms with E-state index in [0.717, 1.165) is 4.90 Å². The molecule has 0 unspecified atom stereocenters. The minimum atomic E-state index is -1.18. The first-order valence-corrected chi connectivity index (χ1v) is 7.50. The molecular formula is C16H18N4O4. The summed E-state index contributed by atoms with van der Waals surface area (Å²) in [6.45, 7) is 1.67. The van der Waals surface area contributed by atoms with Crippen LogP contribution >= 0.6 is 0 Å². The second-order valence-electron chi connectivity index (χ2n) is 5.81. The molecule has 3 rings (SSSR count). The van der Waals surface area contributed by atoms with Crippen molar-refractivity contribution in [3.8, 4) is 5.69 Å². The molecule has 3 N–H and O–H groups in total. The average molecular weight is 330 g/mol. The van der Waals surface area contributed by atoms with Gasteiger partial charge in [0.2, 0.25) is 5.91 Å². The van der Waals surface area contributed by atoms with Crippen LogP contribution in [0.3, 0.4) is 0 Å². The molecule has 8 nitrogen and oxygen atoms in total. The predicted molar refractivity (Wildman–Crippen MR) is 87.2 cm³/mol. The molecule has 0 saturated carbocycles. The minimum Gasteiger partial charge on any atom is -0.480 e. The van der Waals surface area contributed by atoms with E-state index in [2.05, 4.69) is 0 Å². The van der Waals surface area contributed by atoms with E-state index in [4.69, 9.17) is 5.73 Å². The smallest absolute Gasteiger partial charge is 0.326 e. The van der Waals surface area contributed by atoms with Gasteiger partial charge in [-0.15, -0.1) is 0 Å². The summed E-state index contributed by atoms with van der Waals surface area (Å²) in [6.07, 6.45) is -0.0206. The number of anilines is 1. The maximum absolute atomic E-state index is 12.9. The van der Waals surface area contributed by atoms with Crippen LogP contribution in [-0.4, -0.2) is 38.4 Å². The van der Waals surface area contributed by atoms with E-state index in [-0.39, 0.29) is 12.1 Å². The van der Waals surface area contributed by atoms with Crippen molar-refractivity contribution in [2.75, 3.05) is 4.90 Å². The summed E-state index contributed by atoms with van der Waals surface area (Å²) < 4.78 is 3.00. The Bertz CT molecular complexity index is 868. The fourth-order valence-electron chi connectivity index (χ4n) is 3.09. The lowest BCUT2D eigenvalue weighted by molar-refractivity contribution is -0.138. The van der Waals surface area contributed by atoms with E-state index in [9.17, 15) is 19.5 Å². The van der Waals surface area contributed by atoms with Crippen molar-refractivity contribution in [3.05, 3.63) is 46.4 Å². The number of carbonyl (C=O) groups is 2. The third-order valence-electron chi connectivity index (χ3n) is 4.39. The van der Waals surface area contributed by atoms with E-state index in [0.29, 0.717) is 11.4 Å². The molecule has 1 amide bonds. The molecule has 0 radical (unpaired) electrons. The maximum atomic E-state index is 12.9. The van der Waals surface area contributed by atoms with Gasteiger partial charge in [0, 0.05) is 13.5 Å². The van der Waals surface area contributed by atoms with Gasteiger partial charge in [-0.25, -0.2) is 9.48 Å². The second kappa shape index (κ2) is 5.64. The molecule has 0 bridgehead atoms. The van der Waals surface area contributed by atoms with Crippen molar-refractivity contribution >= 4 is 17.6 Å². The number of para-hydroxylation sites is 1. The zero-order chi connectivity index (χ0) is 17.6. The van der Waals surface area contributed by atoms with Crippen LogP contribution in [0.4, 0.5) is 5.69 Å². The molecule has 1 aliphatic rings. The van der Waals surface area contributed by atoms with Gasteiger partial charge >= 0.3 is 5.97 Å². The monoisotopic (exact) mass is 330 g/mol. The quantitative estimate of drug-likeness (QED) is 0.823. The van der Waals surface area contributed by atoms with Crippen LogP contribution in [0.1, 0.15) is 12.1 Å². The maximum Gasteiger partial charge on any atom is 0.326 e. The first kappa shape index (κ1) is 16.0. The van der Waals surface area contributed by atoms with Gasteiger partial charge in [-0.3, -0.25) is 19.2 Å². The molecule has 1 saturated heterocycles. The molecule has 1 aliphatic heterocycles. The third-order valence-corrected chi connectivity index (χ3v) is 4.39. The highest BCUT2D eigenvalue weighted by atomic mass is 16.4. The van der Waals surface area contributed by atoms with Gasteiger partial charge < -0.3 is 10.8 Å². The van der Waals surface area contributed by atoms with E-state index < -0.39 is 29.5 Å². The number of carboxylic acid groups (broad SMARTS) is 1. The molecule has 0 spiro atoms. The molecule has 2 aromatic rings. The van der Waals surface area contributed by atoms with E-state index in [1.807, 2.05) is 6.07 Å². The van der Waals surface area contributed by atoms with Crippen molar-refractivity contribution in [2.24, 2.45) is 12.8 Å². The highest BCUT2D eigenvalue weighted by Gasteiger charge is 2.45. The lowest BCUT2D eigenvalue weighted by Gasteiger charge is -2.19. The molecule has 1 aromatic heterocycles. The fraction of sp³-hybridized carbons (Fsp3) is 0.312. The van der Waals surface area contributed by atoms with Crippen molar-refractivity contribution in [1.82, 2.24) is 9.36 Å². The SMILES string of the molecule is Cc1c(N2C(=O)[C@@H](N)C[C@H]2C(=O)O)c(=O)n(-c2ccccc2)n1C. The van der Waals surface area contributed by atoms with E-state index in [1.54, 1.807) is 42.9 Å². The molecule has 1 fully saturated rings. The topological polar surface area (TPSA) is 111 Å². The summed E-state index contributed by atoms with van der Waals surface area (Å²) in [6, 6.07) is 6.88. The zero-order valence-electron chi connectivity index (χ0n) is 13.3. The van der Waals surface area contributed by atoms with Crippen LogP contribution < -0.4 is 16.2 Å². The van der Waals surface area contributed by atoms with Gasteiger partial charge in [-0.05, 0) is 19.1 Å². The van der Waals surface area contributed by atoms with E-state index in [1.165, 1.54) is 4.68 Å². The van der Waals surface area contributed by atoms with E-state index >= 15 is 0 Å². The van der Waals surface area contributed by atoms with Crippen molar-refractivity contribution in [2.45, 2.75) is 25.4 Å². The summed E-state index contributed by atoms with van der Waals surface area (Å²) in [5, 5.41) is 9.39. The normalized spacial score (nSPS) is 20.6. The number of amides is 1. The Labute approximate surface area is 137 Å². The van der Waals surface area contributed by atoms with Gasteiger partial charge in [0.1, 0.15) is 11.7 Å². The number of hydrogen-bond donors (Lipinski definition) is 2. The Morgan fingerprint density at radius 1 is 1.25 bits per heavy atom. The lowest BCUT2D eigenvalue weighted by Crippen LogP contribution is -2.43. The predicted octanol–water partition coefficient (Wildman–Crippen LogP) is 0.00162. The number of benzene rings is 1. The Kier molecular flexibility index (Phi) is 3.76. The number of carboxylic acids is 1. The molecule has 2 heterocycles. The molecule has 2 atom stereocenters. The first-order valence-electron chi connectivity index (χ1n) is 7.50. The second-order valence-corrected chi connectivity index (χ2v) is 5.81. The van der Waals surface area contributed by atoms with Crippen LogP contribution in [-0.2, 0) is 16.6 Å². The highest BCUT2D eigenvalue weighted by molar-refractivity contribution is 6.05. The Morgan fingerprint density at radius 3 is 2.46 bits per heavy atom. The molecular weight excluding hydrogens is 312 g/mol. The van der Waals surface area contributed by atoms with Gasteiger partial charge in [-0.1, -0.05) is 18.2 Å². The van der Waals surface area contributed by atoms with Crippen LogP contribution in [0.15, 0.2) is 35.1 Å². The number of aliphatic carboxylic acids is 1. The number of rotatable bonds is 3. The van der Waals surface area contributed by atoms with Gasteiger partial charge in [0.15, 0.2) is 0 Å². The lowest BCUT2D eigenvalue weighted by atomic mass is 10.2. The van der Waals surface area contributed by atoms with Crippen molar-refractivity contribution in [1.29, 1.82) is 0 Å². The summed E-state index contributed by atoms with van der Waals surface area (Å²) >= 11 is 0. The largest absolute Gasteiger partial charge is 0.480 e. The van der Waals surface area contributed by atoms with Crippen LogP contribution in [0.25, 0.3) is 5.69 Å². The molecule has 1 aromatic carbocycles. The van der Waals surface area contributed by atoms with Crippen molar-refractivity contribution in [3.63, 3.8) is 0 Å². The van der Waals surface area contributed by atoms with Crippen LogP contribution in [0.2, 0.25) is 0 Å². The molecule has 0 aliphatic carbocycles.